The van der Waals surface area contributed by atoms with Crippen molar-refractivity contribution in [1.82, 2.24) is 9.97 Å². The minimum Gasteiger partial charge on any atom is -0.393 e. The van der Waals surface area contributed by atoms with Gasteiger partial charge in [-0.25, -0.2) is 4.98 Å². The molecular formula is C12H16N2O. The Hall–Kier alpha value is -1.35. The number of para-hydroxylation sites is 2. The van der Waals surface area contributed by atoms with E-state index in [-0.39, 0.29) is 6.10 Å². The average Bonchev–Trinajstić information content (AvgIpc) is 2.59. The molecule has 0 saturated heterocycles. The summed E-state index contributed by atoms with van der Waals surface area (Å²) in [5.74, 6) is 1.01. The van der Waals surface area contributed by atoms with E-state index in [2.05, 4.69) is 9.97 Å². The van der Waals surface area contributed by atoms with E-state index in [1.54, 1.807) is 0 Å². The summed E-state index contributed by atoms with van der Waals surface area (Å²) < 4.78 is 0. The Balaban J connectivity index is 2.03. The number of fused-ring (bicyclic) bond motifs is 1. The quantitative estimate of drug-likeness (QED) is 0.802. The maximum absolute atomic E-state index is 9.14. The van der Waals surface area contributed by atoms with Crippen molar-refractivity contribution < 1.29 is 5.11 Å². The second-order valence-electron chi connectivity index (χ2n) is 3.94. The lowest BCUT2D eigenvalue weighted by atomic mass is 10.2. The number of hydrogen-bond acceptors (Lipinski definition) is 2. The maximum atomic E-state index is 9.14. The molecule has 0 amide bonds. The first-order chi connectivity index (χ1) is 7.25. The third-order valence-corrected chi connectivity index (χ3v) is 2.47. The monoisotopic (exact) mass is 204 g/mol. The molecule has 1 aromatic heterocycles. The van der Waals surface area contributed by atoms with Crippen LogP contribution in [0.4, 0.5) is 0 Å². The summed E-state index contributed by atoms with van der Waals surface area (Å²) in [5, 5.41) is 9.14. The van der Waals surface area contributed by atoms with Gasteiger partial charge in [-0.05, 0) is 31.9 Å². The third kappa shape index (κ3) is 2.57. The fourth-order valence-corrected chi connectivity index (χ4v) is 1.69. The number of nitrogens with one attached hydrogen (secondary N) is 1. The van der Waals surface area contributed by atoms with Gasteiger partial charge in [0.2, 0.25) is 0 Å². The van der Waals surface area contributed by atoms with Gasteiger partial charge in [-0.2, -0.15) is 0 Å². The SMILES string of the molecule is C[C@@H](O)CCCc1nc2ccccc2[nH]1. The van der Waals surface area contributed by atoms with Crippen molar-refractivity contribution in [2.45, 2.75) is 32.3 Å². The minimum absolute atomic E-state index is 0.214. The zero-order valence-corrected chi connectivity index (χ0v) is 8.90. The van der Waals surface area contributed by atoms with E-state index in [0.717, 1.165) is 36.1 Å². The highest BCUT2D eigenvalue weighted by Gasteiger charge is 2.02. The standard InChI is InChI=1S/C12H16N2O/c1-9(15)5-4-8-12-13-10-6-2-3-7-11(10)14-12/h2-3,6-7,9,15H,4-5,8H2,1H3,(H,13,14)/t9-/m1/s1. The fraction of sp³-hybridized carbons (Fsp3) is 0.417. The second kappa shape index (κ2) is 4.45. The minimum atomic E-state index is -0.214. The molecule has 1 heterocycles. The number of rotatable bonds is 4. The average molecular weight is 204 g/mol. The molecule has 3 heteroatoms. The molecular weight excluding hydrogens is 188 g/mol. The van der Waals surface area contributed by atoms with Gasteiger partial charge in [0.1, 0.15) is 5.82 Å². The van der Waals surface area contributed by atoms with Crippen molar-refractivity contribution in [3.05, 3.63) is 30.1 Å². The topological polar surface area (TPSA) is 48.9 Å². The van der Waals surface area contributed by atoms with Crippen LogP contribution in [0, 0.1) is 0 Å². The van der Waals surface area contributed by atoms with Gasteiger partial charge in [0.05, 0.1) is 17.1 Å². The van der Waals surface area contributed by atoms with Crippen LogP contribution in [-0.2, 0) is 6.42 Å². The predicted molar refractivity (Wildman–Crippen MR) is 60.7 cm³/mol. The predicted octanol–water partition coefficient (Wildman–Crippen LogP) is 2.27. The number of benzene rings is 1. The second-order valence-corrected chi connectivity index (χ2v) is 3.94. The number of hydrogen-bond donors (Lipinski definition) is 2. The van der Waals surface area contributed by atoms with Gasteiger partial charge >= 0.3 is 0 Å². The van der Waals surface area contributed by atoms with E-state index in [9.17, 15) is 0 Å². The number of aryl methyl sites for hydroxylation is 1. The van der Waals surface area contributed by atoms with Crippen LogP contribution in [0.2, 0.25) is 0 Å². The number of aliphatic hydroxyl groups excluding tert-OH is 1. The van der Waals surface area contributed by atoms with Crippen LogP contribution in [0.15, 0.2) is 24.3 Å². The first kappa shape index (κ1) is 10.2. The molecule has 0 unspecified atom stereocenters. The molecule has 2 N–H and O–H groups in total. The summed E-state index contributed by atoms with van der Waals surface area (Å²) in [4.78, 5) is 7.75. The number of aliphatic hydroxyl groups is 1. The molecule has 0 bridgehead atoms. The maximum Gasteiger partial charge on any atom is 0.107 e. The highest BCUT2D eigenvalue weighted by Crippen LogP contribution is 2.12. The Morgan fingerprint density at radius 1 is 1.40 bits per heavy atom. The van der Waals surface area contributed by atoms with Gasteiger partial charge < -0.3 is 10.1 Å². The highest BCUT2D eigenvalue weighted by molar-refractivity contribution is 5.74. The number of imidazole rings is 1. The van der Waals surface area contributed by atoms with Crippen LogP contribution in [-0.4, -0.2) is 21.2 Å². The van der Waals surface area contributed by atoms with Crippen molar-refractivity contribution in [1.29, 1.82) is 0 Å². The Bertz CT molecular complexity index is 401. The van der Waals surface area contributed by atoms with E-state index < -0.39 is 0 Å². The van der Waals surface area contributed by atoms with Crippen LogP contribution >= 0.6 is 0 Å². The largest absolute Gasteiger partial charge is 0.393 e. The summed E-state index contributed by atoms with van der Waals surface area (Å²) in [6, 6.07) is 8.02. The van der Waals surface area contributed by atoms with Crippen LogP contribution in [0.5, 0.6) is 0 Å². The van der Waals surface area contributed by atoms with E-state index in [0.29, 0.717) is 0 Å². The van der Waals surface area contributed by atoms with Crippen molar-refractivity contribution in [2.75, 3.05) is 0 Å². The van der Waals surface area contributed by atoms with Crippen LogP contribution in [0.3, 0.4) is 0 Å². The van der Waals surface area contributed by atoms with Crippen LogP contribution in [0.1, 0.15) is 25.6 Å². The smallest absolute Gasteiger partial charge is 0.107 e. The number of H-pyrrole nitrogens is 1. The Labute approximate surface area is 89.2 Å². The molecule has 80 valence electrons. The van der Waals surface area contributed by atoms with Crippen LogP contribution < -0.4 is 0 Å². The fourth-order valence-electron chi connectivity index (χ4n) is 1.69. The van der Waals surface area contributed by atoms with E-state index in [1.807, 2.05) is 31.2 Å². The molecule has 2 rings (SSSR count). The summed E-state index contributed by atoms with van der Waals surface area (Å²) in [6.45, 7) is 1.82. The van der Waals surface area contributed by atoms with Gasteiger partial charge in [0.15, 0.2) is 0 Å². The summed E-state index contributed by atoms with van der Waals surface area (Å²) in [6.07, 6.45) is 2.49. The van der Waals surface area contributed by atoms with Crippen molar-refractivity contribution in [3.8, 4) is 0 Å². The summed E-state index contributed by atoms with van der Waals surface area (Å²) in [7, 11) is 0. The molecule has 3 nitrogen and oxygen atoms in total. The highest BCUT2D eigenvalue weighted by atomic mass is 16.3. The molecule has 0 fully saturated rings. The van der Waals surface area contributed by atoms with Crippen molar-refractivity contribution in [2.24, 2.45) is 0 Å². The number of aromatic amines is 1. The van der Waals surface area contributed by atoms with Gasteiger partial charge in [-0.15, -0.1) is 0 Å². The Morgan fingerprint density at radius 3 is 2.93 bits per heavy atom. The summed E-state index contributed by atoms with van der Waals surface area (Å²) >= 11 is 0. The third-order valence-electron chi connectivity index (χ3n) is 2.47. The normalized spacial score (nSPS) is 13.2. The van der Waals surface area contributed by atoms with E-state index in [4.69, 9.17) is 5.11 Å². The van der Waals surface area contributed by atoms with Crippen molar-refractivity contribution >= 4 is 11.0 Å². The zero-order valence-electron chi connectivity index (χ0n) is 8.90. The molecule has 0 spiro atoms. The Morgan fingerprint density at radius 2 is 2.20 bits per heavy atom. The number of aromatic nitrogens is 2. The molecule has 1 atom stereocenters. The molecule has 1 aromatic carbocycles. The molecule has 0 aliphatic rings. The lowest BCUT2D eigenvalue weighted by Gasteiger charge is -2.00. The number of nitrogens with zero attached hydrogens (tertiary/aromatic N) is 1. The first-order valence-electron chi connectivity index (χ1n) is 5.37. The lowest BCUT2D eigenvalue weighted by Crippen LogP contribution is -2.00. The van der Waals surface area contributed by atoms with E-state index >= 15 is 0 Å². The van der Waals surface area contributed by atoms with Crippen LogP contribution in [0.25, 0.3) is 11.0 Å². The first-order valence-corrected chi connectivity index (χ1v) is 5.37. The zero-order chi connectivity index (χ0) is 10.7. The van der Waals surface area contributed by atoms with Gasteiger partial charge in [0, 0.05) is 6.42 Å². The molecule has 0 radical (unpaired) electrons. The van der Waals surface area contributed by atoms with Crippen molar-refractivity contribution in [3.63, 3.8) is 0 Å². The van der Waals surface area contributed by atoms with Gasteiger partial charge in [0.25, 0.3) is 0 Å². The molecule has 0 aliphatic carbocycles. The molecule has 0 saturated carbocycles. The molecule has 15 heavy (non-hydrogen) atoms. The van der Waals surface area contributed by atoms with E-state index in [1.165, 1.54) is 0 Å². The molecule has 0 aliphatic heterocycles. The van der Waals surface area contributed by atoms with Gasteiger partial charge in [-0.1, -0.05) is 12.1 Å². The Kier molecular flexibility index (Phi) is 3.02. The summed E-state index contributed by atoms with van der Waals surface area (Å²) in [5.41, 5.74) is 2.11. The van der Waals surface area contributed by atoms with Gasteiger partial charge in [-0.3, -0.25) is 0 Å². The lowest BCUT2D eigenvalue weighted by molar-refractivity contribution is 0.181. The molecule has 2 aromatic rings.